The van der Waals surface area contributed by atoms with E-state index >= 15 is 0 Å². The van der Waals surface area contributed by atoms with Crippen molar-refractivity contribution in [3.05, 3.63) is 36.0 Å². The lowest BCUT2D eigenvalue weighted by atomic mass is 10.1. The van der Waals surface area contributed by atoms with Crippen molar-refractivity contribution in [3.8, 4) is 5.88 Å². The number of piperazine rings is 1. The molecule has 0 saturated carbocycles. The minimum atomic E-state index is -0.0319. The number of pyridine rings is 1. The number of carbonyl (C=O) groups is 1. The van der Waals surface area contributed by atoms with Gasteiger partial charge in [0.15, 0.2) is 0 Å². The van der Waals surface area contributed by atoms with Crippen LogP contribution in [0.1, 0.15) is 10.5 Å². The van der Waals surface area contributed by atoms with E-state index in [9.17, 15) is 4.79 Å². The molecule has 0 atom stereocenters. The number of methoxy groups -OCH3 is 1. The van der Waals surface area contributed by atoms with E-state index in [1.54, 1.807) is 7.11 Å². The van der Waals surface area contributed by atoms with Crippen LogP contribution in [0.25, 0.3) is 10.8 Å². The van der Waals surface area contributed by atoms with Crippen LogP contribution >= 0.6 is 0 Å². The Hall–Kier alpha value is -2.14. The van der Waals surface area contributed by atoms with Gasteiger partial charge in [0.1, 0.15) is 5.69 Å². The number of carbonyl (C=O) groups excluding carboxylic acids is 1. The van der Waals surface area contributed by atoms with Gasteiger partial charge in [-0.05, 0) is 17.5 Å². The largest absolute Gasteiger partial charge is 0.481 e. The van der Waals surface area contributed by atoms with E-state index in [1.807, 2.05) is 35.2 Å². The zero-order valence-corrected chi connectivity index (χ0v) is 11.4. The molecule has 1 saturated heterocycles. The van der Waals surface area contributed by atoms with Crippen LogP contribution in [0.4, 0.5) is 0 Å². The number of nitrogens with zero attached hydrogens (tertiary/aromatic N) is 2. The number of benzene rings is 1. The molecule has 2 aromatic rings. The van der Waals surface area contributed by atoms with Crippen molar-refractivity contribution < 1.29 is 9.53 Å². The molecule has 0 aliphatic carbocycles. The fraction of sp³-hybridized carbons (Fsp3) is 0.333. The van der Waals surface area contributed by atoms with Crippen molar-refractivity contribution in [2.75, 3.05) is 33.3 Å². The molecule has 1 aliphatic rings. The molecule has 20 heavy (non-hydrogen) atoms. The molecule has 1 aromatic carbocycles. The van der Waals surface area contributed by atoms with Crippen LogP contribution in [0, 0.1) is 0 Å². The summed E-state index contributed by atoms with van der Waals surface area (Å²) in [5.74, 6) is 0.470. The normalized spacial score (nSPS) is 15.3. The number of aromatic nitrogens is 1. The van der Waals surface area contributed by atoms with Crippen molar-refractivity contribution >= 4 is 16.7 Å². The first kappa shape index (κ1) is 12.9. The van der Waals surface area contributed by atoms with Gasteiger partial charge in [0.2, 0.25) is 5.88 Å². The monoisotopic (exact) mass is 271 g/mol. The highest BCUT2D eigenvalue weighted by Gasteiger charge is 2.20. The van der Waals surface area contributed by atoms with Gasteiger partial charge >= 0.3 is 0 Å². The summed E-state index contributed by atoms with van der Waals surface area (Å²) in [5, 5.41) is 5.13. The summed E-state index contributed by atoms with van der Waals surface area (Å²) in [6, 6.07) is 9.63. The highest BCUT2D eigenvalue weighted by molar-refractivity contribution is 5.98. The predicted octanol–water partition coefficient (Wildman–Crippen LogP) is 1.29. The number of fused-ring (bicyclic) bond motifs is 1. The molecule has 104 valence electrons. The van der Waals surface area contributed by atoms with Crippen molar-refractivity contribution in [2.24, 2.45) is 0 Å². The summed E-state index contributed by atoms with van der Waals surface area (Å²) in [6.07, 6.45) is 0. The average Bonchev–Trinajstić information content (AvgIpc) is 2.54. The van der Waals surface area contributed by atoms with Gasteiger partial charge in [-0.3, -0.25) is 4.79 Å². The minimum absolute atomic E-state index is 0.0319. The molecule has 0 spiro atoms. The van der Waals surface area contributed by atoms with Crippen molar-refractivity contribution in [3.63, 3.8) is 0 Å². The maximum Gasteiger partial charge on any atom is 0.272 e. The van der Waals surface area contributed by atoms with E-state index in [-0.39, 0.29) is 5.91 Å². The lowest BCUT2D eigenvalue weighted by Gasteiger charge is -2.27. The molecule has 1 aliphatic heterocycles. The molecule has 2 heterocycles. The van der Waals surface area contributed by atoms with Crippen molar-refractivity contribution in [1.82, 2.24) is 15.2 Å². The number of nitrogens with one attached hydrogen (secondary N) is 1. The SMILES string of the molecule is COc1nc(C(=O)N2CCNCC2)cc2ccccc12. The van der Waals surface area contributed by atoms with Crippen molar-refractivity contribution in [2.45, 2.75) is 0 Å². The Morgan fingerprint density at radius 1 is 1.30 bits per heavy atom. The molecular formula is C15H17N3O2. The summed E-state index contributed by atoms with van der Waals surface area (Å²) in [5.41, 5.74) is 0.447. The van der Waals surface area contributed by atoms with Crippen LogP contribution in [0.5, 0.6) is 5.88 Å². The summed E-state index contributed by atoms with van der Waals surface area (Å²) >= 11 is 0. The molecule has 5 heteroatoms. The molecule has 1 amide bonds. The molecule has 0 unspecified atom stereocenters. The van der Waals surface area contributed by atoms with Gasteiger partial charge in [0, 0.05) is 31.6 Å². The fourth-order valence-electron chi connectivity index (χ4n) is 2.46. The molecular weight excluding hydrogens is 254 g/mol. The Morgan fingerprint density at radius 3 is 2.80 bits per heavy atom. The number of rotatable bonds is 2. The second-order valence-electron chi connectivity index (χ2n) is 4.78. The second-order valence-corrected chi connectivity index (χ2v) is 4.78. The first-order valence-corrected chi connectivity index (χ1v) is 6.73. The van der Waals surface area contributed by atoms with Gasteiger partial charge in [0.05, 0.1) is 7.11 Å². The quantitative estimate of drug-likeness (QED) is 0.894. The molecule has 3 rings (SSSR count). The van der Waals surface area contributed by atoms with E-state index < -0.39 is 0 Å². The number of hydrogen-bond acceptors (Lipinski definition) is 4. The maximum absolute atomic E-state index is 12.5. The highest BCUT2D eigenvalue weighted by atomic mass is 16.5. The average molecular weight is 271 g/mol. The van der Waals surface area contributed by atoms with Crippen molar-refractivity contribution in [1.29, 1.82) is 0 Å². The number of ether oxygens (including phenoxy) is 1. The maximum atomic E-state index is 12.5. The predicted molar refractivity (Wildman–Crippen MR) is 77.1 cm³/mol. The number of amides is 1. The zero-order valence-electron chi connectivity index (χ0n) is 11.4. The van der Waals surface area contributed by atoms with Crippen LogP contribution in [0.3, 0.4) is 0 Å². The first-order valence-electron chi connectivity index (χ1n) is 6.73. The van der Waals surface area contributed by atoms with Crippen LogP contribution in [-0.2, 0) is 0 Å². The van der Waals surface area contributed by atoms with Gasteiger partial charge in [-0.1, -0.05) is 18.2 Å². The Bertz CT molecular complexity index is 636. The lowest BCUT2D eigenvalue weighted by Crippen LogP contribution is -2.46. The van der Waals surface area contributed by atoms with Gasteiger partial charge in [-0.15, -0.1) is 0 Å². The fourth-order valence-corrected chi connectivity index (χ4v) is 2.46. The summed E-state index contributed by atoms with van der Waals surface area (Å²) in [7, 11) is 1.58. The van der Waals surface area contributed by atoms with Gasteiger partial charge in [-0.2, -0.15) is 0 Å². The zero-order chi connectivity index (χ0) is 13.9. The third kappa shape index (κ3) is 2.32. The highest BCUT2D eigenvalue weighted by Crippen LogP contribution is 2.24. The third-order valence-corrected chi connectivity index (χ3v) is 3.52. The van der Waals surface area contributed by atoms with E-state index in [1.165, 1.54) is 0 Å². The van der Waals surface area contributed by atoms with Gasteiger partial charge in [0.25, 0.3) is 5.91 Å². The topological polar surface area (TPSA) is 54.5 Å². The standard InChI is InChI=1S/C15H17N3O2/c1-20-14-12-5-3-2-4-11(12)10-13(17-14)15(19)18-8-6-16-7-9-18/h2-5,10,16H,6-9H2,1H3. The van der Waals surface area contributed by atoms with Gasteiger partial charge in [-0.25, -0.2) is 4.98 Å². The minimum Gasteiger partial charge on any atom is -0.481 e. The molecule has 0 radical (unpaired) electrons. The third-order valence-electron chi connectivity index (χ3n) is 3.52. The molecule has 0 bridgehead atoms. The van der Waals surface area contributed by atoms with E-state index in [0.29, 0.717) is 11.6 Å². The summed E-state index contributed by atoms with van der Waals surface area (Å²) in [6.45, 7) is 3.10. The van der Waals surface area contributed by atoms with Crippen LogP contribution < -0.4 is 10.1 Å². The summed E-state index contributed by atoms with van der Waals surface area (Å²) < 4.78 is 5.31. The molecule has 1 N–H and O–H groups in total. The second kappa shape index (κ2) is 5.46. The smallest absolute Gasteiger partial charge is 0.272 e. The van der Waals surface area contributed by atoms with Crippen LogP contribution in [0.2, 0.25) is 0 Å². The Morgan fingerprint density at radius 2 is 2.05 bits per heavy atom. The lowest BCUT2D eigenvalue weighted by molar-refractivity contribution is 0.0729. The van der Waals surface area contributed by atoms with Crippen LogP contribution in [-0.4, -0.2) is 49.1 Å². The molecule has 1 fully saturated rings. The molecule has 1 aromatic heterocycles. The Balaban J connectivity index is 2.00. The number of hydrogen-bond donors (Lipinski definition) is 1. The van der Waals surface area contributed by atoms with Crippen LogP contribution in [0.15, 0.2) is 30.3 Å². The van der Waals surface area contributed by atoms with Gasteiger partial charge < -0.3 is 15.0 Å². The van der Waals surface area contributed by atoms with E-state index in [0.717, 1.165) is 37.0 Å². The first-order chi connectivity index (χ1) is 9.79. The summed E-state index contributed by atoms with van der Waals surface area (Å²) in [4.78, 5) is 18.7. The Labute approximate surface area is 117 Å². The van der Waals surface area contributed by atoms with E-state index in [2.05, 4.69) is 10.3 Å². The van der Waals surface area contributed by atoms with E-state index in [4.69, 9.17) is 4.74 Å². The Kier molecular flexibility index (Phi) is 3.52. The molecule has 5 nitrogen and oxygen atoms in total.